The predicted octanol–water partition coefficient (Wildman–Crippen LogP) is 2.92. The summed E-state index contributed by atoms with van der Waals surface area (Å²) in [7, 11) is 0. The molecule has 0 spiro atoms. The lowest BCUT2D eigenvalue weighted by molar-refractivity contribution is -0.123. The lowest BCUT2D eigenvalue weighted by Gasteiger charge is -2.15. The van der Waals surface area contributed by atoms with E-state index in [1.54, 1.807) is 0 Å². The summed E-state index contributed by atoms with van der Waals surface area (Å²) < 4.78 is 0. The van der Waals surface area contributed by atoms with Crippen molar-refractivity contribution in [2.24, 2.45) is 11.7 Å². The zero-order valence-electron chi connectivity index (χ0n) is 12.5. The molecular weight excluding hydrogens is 272 g/mol. The summed E-state index contributed by atoms with van der Waals surface area (Å²) in [5.74, 6) is 0.163. The van der Waals surface area contributed by atoms with E-state index < -0.39 is 0 Å². The molecule has 1 rings (SSSR count). The fourth-order valence-electron chi connectivity index (χ4n) is 1.91. The molecule has 0 aliphatic heterocycles. The lowest BCUT2D eigenvalue weighted by Crippen LogP contribution is -2.44. The average Bonchev–Trinajstić information content (AvgIpc) is 2.42. The molecule has 1 aromatic carbocycles. The Bertz CT molecular complexity index is 368. The minimum Gasteiger partial charge on any atom is -0.355 e. The molecule has 0 aliphatic carbocycles. The van der Waals surface area contributed by atoms with Crippen molar-refractivity contribution in [2.45, 2.75) is 45.6 Å². The normalized spacial score (nSPS) is 11.8. The number of halogens is 1. The number of aryl methyl sites for hydroxylation is 1. The van der Waals surface area contributed by atoms with E-state index in [0.717, 1.165) is 32.2 Å². The molecule has 0 saturated carbocycles. The van der Waals surface area contributed by atoms with Gasteiger partial charge in [-0.2, -0.15) is 0 Å². The van der Waals surface area contributed by atoms with Gasteiger partial charge in [-0.3, -0.25) is 4.79 Å². The smallest absolute Gasteiger partial charge is 0.237 e. The first-order valence-corrected chi connectivity index (χ1v) is 7.18. The van der Waals surface area contributed by atoms with Gasteiger partial charge in [-0.25, -0.2) is 0 Å². The molecule has 4 heteroatoms. The molecular formula is C16H27ClN2O. The Kier molecular flexibility index (Phi) is 10.1. The van der Waals surface area contributed by atoms with Crippen LogP contribution < -0.4 is 11.1 Å². The van der Waals surface area contributed by atoms with Crippen LogP contribution >= 0.6 is 12.4 Å². The molecule has 0 saturated heterocycles. The van der Waals surface area contributed by atoms with Crippen molar-refractivity contribution in [1.29, 1.82) is 0 Å². The van der Waals surface area contributed by atoms with E-state index in [2.05, 4.69) is 29.6 Å². The number of rotatable bonds is 8. The van der Waals surface area contributed by atoms with Gasteiger partial charge in [0.05, 0.1) is 6.04 Å². The van der Waals surface area contributed by atoms with Crippen LogP contribution in [-0.2, 0) is 11.2 Å². The first-order chi connectivity index (χ1) is 9.11. The number of carbonyl (C=O) groups is 1. The van der Waals surface area contributed by atoms with Crippen molar-refractivity contribution < 1.29 is 4.79 Å². The van der Waals surface area contributed by atoms with Gasteiger partial charge in [0, 0.05) is 6.54 Å². The Morgan fingerprint density at radius 1 is 1.15 bits per heavy atom. The van der Waals surface area contributed by atoms with Crippen LogP contribution in [0.3, 0.4) is 0 Å². The van der Waals surface area contributed by atoms with Gasteiger partial charge in [-0.05, 0) is 30.7 Å². The molecule has 1 atom stereocenters. The van der Waals surface area contributed by atoms with Crippen molar-refractivity contribution in [1.82, 2.24) is 5.32 Å². The summed E-state index contributed by atoms with van der Waals surface area (Å²) in [5, 5.41) is 2.90. The number of unbranched alkanes of at least 4 members (excludes halogenated alkanes) is 2. The summed E-state index contributed by atoms with van der Waals surface area (Å²) in [4.78, 5) is 11.6. The van der Waals surface area contributed by atoms with Crippen molar-refractivity contribution in [2.75, 3.05) is 6.54 Å². The summed E-state index contributed by atoms with van der Waals surface area (Å²) >= 11 is 0. The molecule has 3 N–H and O–H groups in total. The van der Waals surface area contributed by atoms with Crippen LogP contribution in [0.25, 0.3) is 0 Å². The van der Waals surface area contributed by atoms with Crippen LogP contribution in [0, 0.1) is 5.92 Å². The number of amides is 1. The second-order valence-corrected chi connectivity index (χ2v) is 5.36. The Hall–Kier alpha value is -1.06. The summed E-state index contributed by atoms with van der Waals surface area (Å²) in [6, 6.07) is 10.1. The fourth-order valence-corrected chi connectivity index (χ4v) is 1.91. The van der Waals surface area contributed by atoms with Crippen molar-refractivity contribution in [3.63, 3.8) is 0 Å². The van der Waals surface area contributed by atoms with E-state index in [1.807, 2.05) is 19.9 Å². The third-order valence-electron chi connectivity index (χ3n) is 3.31. The van der Waals surface area contributed by atoms with E-state index in [0.29, 0.717) is 0 Å². The van der Waals surface area contributed by atoms with Gasteiger partial charge in [-0.1, -0.05) is 50.6 Å². The highest BCUT2D eigenvalue weighted by Crippen LogP contribution is 2.05. The van der Waals surface area contributed by atoms with Crippen LogP contribution in [-0.4, -0.2) is 18.5 Å². The standard InChI is InChI=1S/C16H26N2O.ClH/c1-13(2)15(17)16(19)18-12-8-4-7-11-14-9-5-3-6-10-14;/h3,5-6,9-10,13,15H,4,7-8,11-12,17H2,1-2H3,(H,18,19);1H/t15-;/m0./s1. The van der Waals surface area contributed by atoms with Gasteiger partial charge < -0.3 is 11.1 Å². The largest absolute Gasteiger partial charge is 0.355 e. The zero-order chi connectivity index (χ0) is 14.1. The molecule has 3 nitrogen and oxygen atoms in total. The first-order valence-electron chi connectivity index (χ1n) is 7.18. The Morgan fingerprint density at radius 3 is 2.40 bits per heavy atom. The maximum Gasteiger partial charge on any atom is 0.237 e. The van der Waals surface area contributed by atoms with E-state index in [4.69, 9.17) is 5.73 Å². The molecule has 20 heavy (non-hydrogen) atoms. The maximum atomic E-state index is 11.6. The molecule has 1 amide bonds. The molecule has 114 valence electrons. The number of hydrogen-bond acceptors (Lipinski definition) is 2. The minimum absolute atomic E-state index is 0. The quantitative estimate of drug-likeness (QED) is 0.725. The Balaban J connectivity index is 0.00000361. The number of hydrogen-bond donors (Lipinski definition) is 2. The summed E-state index contributed by atoms with van der Waals surface area (Å²) in [6.45, 7) is 4.66. The van der Waals surface area contributed by atoms with E-state index in [-0.39, 0.29) is 30.3 Å². The van der Waals surface area contributed by atoms with Crippen molar-refractivity contribution in [3.05, 3.63) is 35.9 Å². The number of carbonyl (C=O) groups excluding carboxylic acids is 1. The molecule has 0 bridgehead atoms. The summed E-state index contributed by atoms with van der Waals surface area (Å²) in [5.41, 5.74) is 7.15. The highest BCUT2D eigenvalue weighted by Gasteiger charge is 2.15. The third kappa shape index (κ3) is 7.51. The van der Waals surface area contributed by atoms with Gasteiger partial charge in [0.15, 0.2) is 0 Å². The van der Waals surface area contributed by atoms with E-state index in [9.17, 15) is 4.79 Å². The number of nitrogens with two attached hydrogens (primary N) is 1. The molecule has 0 aliphatic rings. The average molecular weight is 299 g/mol. The predicted molar refractivity (Wildman–Crippen MR) is 87.1 cm³/mol. The van der Waals surface area contributed by atoms with Gasteiger partial charge in [-0.15, -0.1) is 12.4 Å². The zero-order valence-corrected chi connectivity index (χ0v) is 13.3. The Morgan fingerprint density at radius 2 is 1.80 bits per heavy atom. The topological polar surface area (TPSA) is 55.1 Å². The minimum atomic E-state index is -0.385. The third-order valence-corrected chi connectivity index (χ3v) is 3.31. The van der Waals surface area contributed by atoms with E-state index in [1.165, 1.54) is 5.56 Å². The van der Waals surface area contributed by atoms with Gasteiger partial charge in [0.25, 0.3) is 0 Å². The second-order valence-electron chi connectivity index (χ2n) is 5.36. The molecule has 0 heterocycles. The van der Waals surface area contributed by atoms with Gasteiger partial charge in [0.1, 0.15) is 0 Å². The van der Waals surface area contributed by atoms with Crippen molar-refractivity contribution in [3.8, 4) is 0 Å². The van der Waals surface area contributed by atoms with Crippen LogP contribution in [0.15, 0.2) is 30.3 Å². The van der Waals surface area contributed by atoms with Gasteiger partial charge in [0.2, 0.25) is 5.91 Å². The SMILES string of the molecule is CC(C)[C@H](N)C(=O)NCCCCCc1ccccc1.Cl. The highest BCUT2D eigenvalue weighted by atomic mass is 35.5. The van der Waals surface area contributed by atoms with Crippen LogP contribution in [0.5, 0.6) is 0 Å². The fraction of sp³-hybridized carbons (Fsp3) is 0.562. The molecule has 0 radical (unpaired) electrons. The Labute approximate surface area is 128 Å². The molecule has 0 unspecified atom stereocenters. The van der Waals surface area contributed by atoms with Crippen LogP contribution in [0.4, 0.5) is 0 Å². The van der Waals surface area contributed by atoms with Crippen molar-refractivity contribution >= 4 is 18.3 Å². The monoisotopic (exact) mass is 298 g/mol. The van der Waals surface area contributed by atoms with Crippen LogP contribution in [0.2, 0.25) is 0 Å². The molecule has 1 aromatic rings. The summed E-state index contributed by atoms with van der Waals surface area (Å²) in [6.07, 6.45) is 4.42. The second kappa shape index (κ2) is 10.7. The number of benzene rings is 1. The first kappa shape index (κ1) is 18.9. The van der Waals surface area contributed by atoms with E-state index >= 15 is 0 Å². The number of nitrogens with one attached hydrogen (secondary N) is 1. The molecule has 0 aromatic heterocycles. The lowest BCUT2D eigenvalue weighted by atomic mass is 10.0. The van der Waals surface area contributed by atoms with Crippen LogP contribution in [0.1, 0.15) is 38.7 Å². The van der Waals surface area contributed by atoms with Gasteiger partial charge >= 0.3 is 0 Å². The maximum absolute atomic E-state index is 11.6. The molecule has 0 fully saturated rings. The highest BCUT2D eigenvalue weighted by molar-refractivity contribution is 5.85.